The molecule has 0 radical (unpaired) electrons. The van der Waals surface area contributed by atoms with Crippen molar-refractivity contribution in [2.24, 2.45) is 0 Å². The first-order chi connectivity index (χ1) is 2.45. The maximum absolute atomic E-state index is 5.38. The first-order valence-electron chi connectivity index (χ1n) is 0.802. The molecule has 0 heterocycles. The molecule has 0 rings (SSSR count). The van der Waals surface area contributed by atoms with Crippen molar-refractivity contribution < 1.29 is 6.64 Å². The van der Waals surface area contributed by atoms with E-state index in [4.69, 9.17) is 57.8 Å². The van der Waals surface area contributed by atoms with Gasteiger partial charge in [-0.25, -0.2) is 0 Å². The summed E-state index contributed by atoms with van der Waals surface area (Å²) in [6.45, 7) is -5.38. The van der Waals surface area contributed by atoms with Crippen molar-refractivity contribution in [3.63, 3.8) is 0 Å². The fourth-order valence-corrected chi connectivity index (χ4v) is 0. The first-order valence-corrected chi connectivity index (χ1v) is 19.7. The van der Waals surface area contributed by atoms with Crippen molar-refractivity contribution in [1.82, 2.24) is 0 Å². The Kier molecular flexibility index (Phi) is 2.02. The summed E-state index contributed by atoms with van der Waals surface area (Å²) >= 11 is 0. The van der Waals surface area contributed by atoms with Gasteiger partial charge in [-0.05, 0) is 0 Å². The molecule has 0 aliphatic heterocycles. The fraction of sp³-hybridized carbons (Fsp3) is 0. The van der Waals surface area contributed by atoms with Gasteiger partial charge in [0.25, 0.3) is 0 Å². The monoisotopic (exact) mass is 402 g/mol. The Morgan fingerprint density at radius 3 is 0.571 bits per heavy atom. The van der Waals surface area contributed by atoms with Crippen LogP contribution < -0.4 is 0 Å². The van der Waals surface area contributed by atoms with Gasteiger partial charge in [0, 0.05) is 0 Å². The van der Waals surface area contributed by atoms with Gasteiger partial charge in [-0.3, -0.25) is 0 Å². The van der Waals surface area contributed by atoms with E-state index >= 15 is 0 Å². The fourth-order valence-electron chi connectivity index (χ4n) is 0. The van der Waals surface area contributed by atoms with Gasteiger partial charge in [0.1, 0.15) is 0 Å². The molecule has 0 saturated heterocycles. The summed E-state index contributed by atoms with van der Waals surface area (Å²) in [5.74, 6) is 0. The van der Waals surface area contributed by atoms with Gasteiger partial charge in [-0.15, -0.1) is 0 Å². The third-order valence-electron chi connectivity index (χ3n) is 0. The van der Waals surface area contributed by atoms with Crippen LogP contribution in [0.15, 0.2) is 0 Å². The molecule has 0 N–H and O–H groups in total. The van der Waals surface area contributed by atoms with Crippen LogP contribution in [0, 0.1) is 0 Å². The van der Waals surface area contributed by atoms with Crippen molar-refractivity contribution in [1.29, 1.82) is 0 Å². The molecule has 0 spiro atoms. The zero-order valence-corrected chi connectivity index (χ0v) is 9.70. The molecule has 0 unspecified atom stereocenters. The number of hydrogen-bond acceptors (Lipinski definition) is 0. The Bertz CT molecular complexity index is 62.7. The molecule has 0 aromatic carbocycles. The average molecular weight is 403 g/mol. The summed E-state index contributed by atoms with van der Waals surface area (Å²) in [6.07, 6.45) is 0. The summed E-state index contributed by atoms with van der Waals surface area (Å²) < 4.78 is 0. The van der Waals surface area contributed by atoms with Crippen LogP contribution in [0.25, 0.3) is 0 Å². The van der Waals surface area contributed by atoms with E-state index < -0.39 is 6.64 Å². The summed E-state index contributed by atoms with van der Waals surface area (Å²) in [5, 5.41) is 0. The van der Waals surface area contributed by atoms with Crippen LogP contribution in [0.2, 0.25) is 0 Å². The van der Waals surface area contributed by atoms with Crippen molar-refractivity contribution >= 4 is 57.8 Å². The van der Waals surface area contributed by atoms with E-state index in [0.717, 1.165) is 0 Å². The molecule has 0 saturated carbocycles. The maximum atomic E-state index is 5.06. The molecular formula is Cl6Os-2. The van der Waals surface area contributed by atoms with E-state index in [2.05, 4.69) is 0 Å². The minimum absolute atomic E-state index is 5.06. The van der Waals surface area contributed by atoms with Crippen LogP contribution in [-0.2, 0) is 6.64 Å². The van der Waals surface area contributed by atoms with Crippen LogP contribution in [-0.4, -0.2) is 0 Å². The Morgan fingerprint density at radius 1 is 0.571 bits per heavy atom. The zero-order chi connectivity index (χ0) is 6.41. The van der Waals surface area contributed by atoms with Crippen molar-refractivity contribution in [3.8, 4) is 0 Å². The van der Waals surface area contributed by atoms with E-state index in [1.165, 1.54) is 0 Å². The van der Waals surface area contributed by atoms with Crippen molar-refractivity contribution in [3.05, 3.63) is 0 Å². The molecule has 7 heteroatoms. The number of halogens is 6. The Hall–Kier alpha value is 2.38. The van der Waals surface area contributed by atoms with Crippen LogP contribution in [0.1, 0.15) is 0 Å². The molecule has 0 aliphatic carbocycles. The molecule has 0 fully saturated rings. The molecule has 0 atom stereocenters. The molecule has 7 heavy (non-hydrogen) atoms. The summed E-state index contributed by atoms with van der Waals surface area (Å²) in [4.78, 5) is 0. The van der Waals surface area contributed by atoms with E-state index in [1.807, 2.05) is 0 Å². The minimum atomic E-state index is -5.38. The van der Waals surface area contributed by atoms with E-state index in [1.54, 1.807) is 0 Å². The Balaban J connectivity index is 4.43. The average Bonchev–Trinajstić information content (AvgIpc) is 0.592. The van der Waals surface area contributed by atoms with Gasteiger partial charge in [0.2, 0.25) is 0 Å². The van der Waals surface area contributed by atoms with Gasteiger partial charge >= 0.3 is 64.5 Å². The normalized spacial score (nSPS) is 23.1. The molecular weight excluding hydrogens is 403 g/mol. The molecule has 0 bridgehead atoms. The molecule has 0 aromatic heterocycles. The third kappa shape index (κ3) is 60.3. The molecule has 0 aliphatic rings. The van der Waals surface area contributed by atoms with Gasteiger partial charge < -0.3 is 0 Å². The molecule has 52 valence electrons. The van der Waals surface area contributed by atoms with Crippen molar-refractivity contribution in [2.45, 2.75) is 0 Å². The van der Waals surface area contributed by atoms with E-state index in [9.17, 15) is 0 Å². The topological polar surface area (TPSA) is 0 Å². The second kappa shape index (κ2) is 1.51. The van der Waals surface area contributed by atoms with Crippen LogP contribution in [0.5, 0.6) is 0 Å². The van der Waals surface area contributed by atoms with E-state index in [-0.39, 0.29) is 0 Å². The van der Waals surface area contributed by atoms with Crippen LogP contribution >= 0.6 is 57.8 Å². The summed E-state index contributed by atoms with van der Waals surface area (Å²) in [5.41, 5.74) is 0. The third-order valence-corrected chi connectivity index (χ3v) is 0. The van der Waals surface area contributed by atoms with Crippen molar-refractivity contribution in [2.75, 3.05) is 0 Å². The quantitative estimate of drug-likeness (QED) is 0.571. The first kappa shape index (κ1) is 9.38. The second-order valence-electron chi connectivity index (χ2n) is 0.758. The summed E-state index contributed by atoms with van der Waals surface area (Å²) in [7, 11) is 30.4. The molecule has 0 aromatic rings. The predicted octanol–water partition coefficient (Wildman–Crippen LogP) is 4.13. The predicted molar refractivity (Wildman–Crippen MR) is 35.1 cm³/mol. The van der Waals surface area contributed by atoms with Crippen LogP contribution in [0.4, 0.5) is 0 Å². The van der Waals surface area contributed by atoms with Crippen LogP contribution in [0.3, 0.4) is 0 Å². The molecule has 0 amide bonds. The van der Waals surface area contributed by atoms with Gasteiger partial charge in [-0.1, -0.05) is 0 Å². The zero-order valence-electron chi connectivity index (χ0n) is 2.62. The Morgan fingerprint density at radius 2 is 0.571 bits per heavy atom. The van der Waals surface area contributed by atoms with Gasteiger partial charge in [0.15, 0.2) is 0 Å². The van der Waals surface area contributed by atoms with Gasteiger partial charge in [-0.2, -0.15) is 0 Å². The number of rotatable bonds is 0. The SMILES string of the molecule is [Cl][Os-2]([Cl])([Cl])([Cl])([Cl])[Cl]. The number of hydrogen-bond donors (Lipinski definition) is 0. The summed E-state index contributed by atoms with van der Waals surface area (Å²) in [6, 6.07) is 0. The van der Waals surface area contributed by atoms with E-state index in [0.29, 0.717) is 0 Å². The molecule has 0 nitrogen and oxygen atoms in total. The Labute approximate surface area is 63.7 Å². The second-order valence-corrected chi connectivity index (χ2v) is 55.8. The standard InChI is InChI=1S/6ClH.Os/h6*1H;/q;;;;;;+4/p-6. The van der Waals surface area contributed by atoms with Gasteiger partial charge in [0.05, 0.1) is 0 Å².